The Hall–Kier alpha value is -3.89. The van der Waals surface area contributed by atoms with Crippen LogP contribution >= 0.6 is 23.2 Å². The molecule has 4 rings (SSSR count). The van der Waals surface area contributed by atoms with Gasteiger partial charge in [0.1, 0.15) is 5.75 Å². The molecule has 0 bridgehead atoms. The molecule has 1 aliphatic rings. The third kappa shape index (κ3) is 5.44. The summed E-state index contributed by atoms with van der Waals surface area (Å²) in [5.41, 5.74) is -1.10. The second kappa shape index (κ2) is 9.40. The summed E-state index contributed by atoms with van der Waals surface area (Å²) in [6.07, 6.45) is -3.30. The van der Waals surface area contributed by atoms with Crippen LogP contribution in [-0.4, -0.2) is 16.8 Å². The number of aliphatic imine (C=N–C) groups is 1. The Balaban J connectivity index is 1.55. The van der Waals surface area contributed by atoms with E-state index in [1.165, 1.54) is 36.4 Å². The number of hydrogen-bond donors (Lipinski definition) is 0. The molecule has 0 atom stereocenters. The number of benzene rings is 3. The van der Waals surface area contributed by atoms with Gasteiger partial charge < -0.3 is 9.47 Å². The van der Waals surface area contributed by atoms with Crippen molar-refractivity contribution in [1.82, 2.24) is 0 Å². The van der Waals surface area contributed by atoms with E-state index in [-0.39, 0.29) is 28.1 Å². The van der Waals surface area contributed by atoms with Gasteiger partial charge in [0, 0.05) is 11.1 Å². The first kappa shape index (κ1) is 24.2. The molecule has 0 amide bonds. The molecule has 1 aliphatic heterocycles. The first-order valence-corrected chi connectivity index (χ1v) is 10.4. The van der Waals surface area contributed by atoms with Gasteiger partial charge in [0.05, 0.1) is 21.1 Å². The summed E-state index contributed by atoms with van der Waals surface area (Å²) < 4.78 is 49.2. The van der Waals surface area contributed by atoms with E-state index in [0.717, 1.165) is 6.07 Å². The number of ether oxygens (including phenoxy) is 2. The molecule has 0 saturated heterocycles. The highest BCUT2D eigenvalue weighted by Gasteiger charge is 2.33. The predicted molar refractivity (Wildman–Crippen MR) is 122 cm³/mol. The van der Waals surface area contributed by atoms with Crippen molar-refractivity contribution in [2.24, 2.45) is 4.99 Å². The van der Waals surface area contributed by atoms with Crippen LogP contribution in [0.25, 0.3) is 6.08 Å². The molecule has 0 aromatic heterocycles. The number of carbonyl (C=O) groups is 1. The average molecular weight is 523 g/mol. The monoisotopic (exact) mass is 522 g/mol. The Kier molecular flexibility index (Phi) is 6.51. The number of hydrogen-bond acceptors (Lipinski definition) is 6. The normalized spacial score (nSPS) is 14.6. The molecule has 0 radical (unpaired) electrons. The molecule has 0 N–H and O–H groups in total. The number of nitro groups is 1. The molecular formula is C23H11Cl2F3N2O5. The highest BCUT2D eigenvalue weighted by Crippen LogP contribution is 2.38. The fourth-order valence-electron chi connectivity index (χ4n) is 3.03. The highest BCUT2D eigenvalue weighted by molar-refractivity contribution is 6.37. The second-order valence-corrected chi connectivity index (χ2v) is 7.91. The van der Waals surface area contributed by atoms with Crippen molar-refractivity contribution in [3.8, 4) is 11.5 Å². The molecule has 0 spiro atoms. The Morgan fingerprint density at radius 2 is 1.74 bits per heavy atom. The Morgan fingerprint density at radius 3 is 2.37 bits per heavy atom. The molecule has 7 nitrogen and oxygen atoms in total. The standard InChI is InChI=1S/C23H11Cl2F3N2O5/c24-14-4-7-16(17(25)11-14)21-29-18(22(31)35-21)9-12-1-5-15(6-2-12)34-20-8-3-13(23(26,27)28)10-19(20)30(32)33/h1-11H/b18-9-. The Labute approximate surface area is 205 Å². The number of nitro benzene ring substituents is 1. The van der Waals surface area contributed by atoms with Crippen LogP contribution in [0.4, 0.5) is 18.9 Å². The van der Waals surface area contributed by atoms with E-state index in [0.29, 0.717) is 28.3 Å². The summed E-state index contributed by atoms with van der Waals surface area (Å²) >= 11 is 12.0. The van der Waals surface area contributed by atoms with Crippen LogP contribution in [0.3, 0.4) is 0 Å². The lowest BCUT2D eigenvalue weighted by Crippen LogP contribution is -2.06. The maximum absolute atomic E-state index is 12.9. The first-order valence-electron chi connectivity index (χ1n) is 9.63. The van der Waals surface area contributed by atoms with Crippen LogP contribution in [0.2, 0.25) is 10.0 Å². The van der Waals surface area contributed by atoms with Crippen molar-refractivity contribution < 1.29 is 32.4 Å². The van der Waals surface area contributed by atoms with E-state index < -0.39 is 28.3 Å². The maximum Gasteiger partial charge on any atom is 0.416 e. The highest BCUT2D eigenvalue weighted by atomic mass is 35.5. The summed E-state index contributed by atoms with van der Waals surface area (Å²) in [6.45, 7) is 0. The third-order valence-electron chi connectivity index (χ3n) is 4.68. The van der Waals surface area contributed by atoms with E-state index in [1.807, 2.05) is 0 Å². The minimum atomic E-state index is -4.74. The van der Waals surface area contributed by atoms with Gasteiger partial charge in [-0.3, -0.25) is 10.1 Å². The van der Waals surface area contributed by atoms with Crippen LogP contribution in [0.15, 0.2) is 71.4 Å². The number of carbonyl (C=O) groups excluding carboxylic acids is 1. The maximum atomic E-state index is 12.9. The van der Waals surface area contributed by atoms with Gasteiger partial charge in [0.2, 0.25) is 11.6 Å². The van der Waals surface area contributed by atoms with Gasteiger partial charge in [0.25, 0.3) is 0 Å². The smallest absolute Gasteiger partial charge is 0.416 e. The van der Waals surface area contributed by atoms with Gasteiger partial charge in [-0.2, -0.15) is 13.2 Å². The minimum Gasteiger partial charge on any atom is -0.450 e. The van der Waals surface area contributed by atoms with Crippen molar-refractivity contribution in [3.05, 3.63) is 103 Å². The van der Waals surface area contributed by atoms with Crippen molar-refractivity contribution in [2.45, 2.75) is 6.18 Å². The summed E-state index contributed by atoms with van der Waals surface area (Å²) in [6, 6.07) is 12.5. The Morgan fingerprint density at radius 1 is 1.03 bits per heavy atom. The third-order valence-corrected chi connectivity index (χ3v) is 5.22. The van der Waals surface area contributed by atoms with Crippen LogP contribution in [0.5, 0.6) is 11.5 Å². The van der Waals surface area contributed by atoms with Crippen LogP contribution in [-0.2, 0) is 15.7 Å². The van der Waals surface area contributed by atoms with Gasteiger partial charge in [-0.15, -0.1) is 0 Å². The number of alkyl halides is 3. The summed E-state index contributed by atoms with van der Waals surface area (Å²) in [5.74, 6) is -0.923. The quantitative estimate of drug-likeness (QED) is 0.155. The van der Waals surface area contributed by atoms with Gasteiger partial charge in [-0.05, 0) is 54.1 Å². The topological polar surface area (TPSA) is 91.0 Å². The fraction of sp³-hybridized carbons (Fsp3) is 0.0435. The molecule has 3 aromatic rings. The van der Waals surface area contributed by atoms with E-state index >= 15 is 0 Å². The van der Waals surface area contributed by atoms with E-state index in [1.54, 1.807) is 12.1 Å². The van der Waals surface area contributed by atoms with Crippen LogP contribution in [0.1, 0.15) is 16.7 Å². The molecule has 3 aromatic carbocycles. The lowest BCUT2D eigenvalue weighted by atomic mass is 10.1. The fourth-order valence-corrected chi connectivity index (χ4v) is 3.52. The minimum absolute atomic E-state index is 0.00179. The zero-order chi connectivity index (χ0) is 25.3. The molecule has 0 unspecified atom stereocenters. The molecule has 1 heterocycles. The van der Waals surface area contributed by atoms with Crippen molar-refractivity contribution >= 4 is 46.8 Å². The van der Waals surface area contributed by atoms with Gasteiger partial charge in [-0.1, -0.05) is 35.3 Å². The first-order chi connectivity index (χ1) is 16.5. The average Bonchev–Trinajstić information content (AvgIpc) is 3.14. The van der Waals surface area contributed by atoms with Crippen molar-refractivity contribution in [3.63, 3.8) is 0 Å². The van der Waals surface area contributed by atoms with Gasteiger partial charge >= 0.3 is 17.8 Å². The van der Waals surface area contributed by atoms with E-state index in [2.05, 4.69) is 4.99 Å². The van der Waals surface area contributed by atoms with Gasteiger partial charge in [0.15, 0.2) is 5.70 Å². The van der Waals surface area contributed by atoms with Gasteiger partial charge in [-0.25, -0.2) is 9.79 Å². The molecule has 0 saturated carbocycles. The number of esters is 1. The summed E-state index contributed by atoms with van der Waals surface area (Å²) in [4.78, 5) is 26.6. The molecule has 35 heavy (non-hydrogen) atoms. The lowest BCUT2D eigenvalue weighted by Gasteiger charge is -2.10. The number of nitrogens with zero attached hydrogens (tertiary/aromatic N) is 2. The SMILES string of the molecule is O=C1OC(c2ccc(Cl)cc2Cl)=N/C1=C\c1ccc(Oc2ccc(C(F)(F)F)cc2[N+](=O)[O-])cc1. The zero-order valence-electron chi connectivity index (χ0n) is 17.2. The largest absolute Gasteiger partial charge is 0.450 e. The number of rotatable bonds is 5. The van der Waals surface area contributed by atoms with Crippen molar-refractivity contribution in [1.29, 1.82) is 0 Å². The molecule has 0 aliphatic carbocycles. The number of cyclic esters (lactones) is 1. The summed E-state index contributed by atoms with van der Waals surface area (Å²) in [7, 11) is 0. The molecule has 0 fully saturated rings. The molecule has 12 heteroatoms. The van der Waals surface area contributed by atoms with Crippen LogP contribution < -0.4 is 4.74 Å². The molecule has 178 valence electrons. The second-order valence-electron chi connectivity index (χ2n) is 7.07. The Bertz CT molecular complexity index is 1400. The van der Waals surface area contributed by atoms with Crippen LogP contribution in [0, 0.1) is 10.1 Å². The van der Waals surface area contributed by atoms with Crippen molar-refractivity contribution in [2.75, 3.05) is 0 Å². The zero-order valence-corrected chi connectivity index (χ0v) is 18.7. The van der Waals surface area contributed by atoms with E-state index in [4.69, 9.17) is 32.7 Å². The summed E-state index contributed by atoms with van der Waals surface area (Å²) in [5, 5.41) is 11.9. The van der Waals surface area contributed by atoms with E-state index in [9.17, 15) is 28.1 Å². The number of halogens is 5. The molecular weight excluding hydrogens is 512 g/mol. The predicted octanol–water partition coefficient (Wildman–Crippen LogP) is 7.06. The lowest BCUT2D eigenvalue weighted by molar-refractivity contribution is -0.385.